The summed E-state index contributed by atoms with van der Waals surface area (Å²) in [5.41, 5.74) is 6.70. The Morgan fingerprint density at radius 3 is 2.93 bits per heavy atom. The molecule has 9 nitrogen and oxygen atoms in total. The average Bonchev–Trinajstić information content (AvgIpc) is 2.93. The Hall–Kier alpha value is -2.78. The molecular formula is C20H24ClN5O4. The Morgan fingerprint density at radius 1 is 1.40 bits per heavy atom. The van der Waals surface area contributed by atoms with E-state index in [0.717, 1.165) is 17.7 Å². The molecule has 10 heteroatoms. The molecule has 2 aliphatic rings. The highest BCUT2D eigenvalue weighted by Gasteiger charge is 2.40. The number of nitrogen functional groups attached to an aromatic ring is 1. The second-order valence-corrected chi connectivity index (χ2v) is 8.13. The van der Waals surface area contributed by atoms with Gasteiger partial charge in [-0.25, -0.2) is 9.78 Å². The van der Waals surface area contributed by atoms with Crippen LogP contribution < -0.4 is 20.7 Å². The van der Waals surface area contributed by atoms with Gasteiger partial charge in [0.05, 0.1) is 24.9 Å². The summed E-state index contributed by atoms with van der Waals surface area (Å²) in [5, 5.41) is 13.2. The molecule has 2 aliphatic heterocycles. The van der Waals surface area contributed by atoms with Crippen LogP contribution in [0.15, 0.2) is 18.2 Å². The zero-order chi connectivity index (χ0) is 21.5. The van der Waals surface area contributed by atoms with Crippen LogP contribution in [-0.2, 0) is 9.53 Å². The average molecular weight is 434 g/mol. The van der Waals surface area contributed by atoms with Gasteiger partial charge in [0, 0.05) is 29.9 Å². The van der Waals surface area contributed by atoms with E-state index in [2.05, 4.69) is 20.2 Å². The molecule has 0 saturated carbocycles. The van der Waals surface area contributed by atoms with Crippen LogP contribution >= 0.6 is 11.6 Å². The molecule has 0 radical (unpaired) electrons. The largest absolute Gasteiger partial charge is 0.478 e. The fraction of sp³-hybridized carbons (Fsp3) is 0.450. The van der Waals surface area contributed by atoms with Gasteiger partial charge in [-0.3, -0.25) is 0 Å². The van der Waals surface area contributed by atoms with E-state index in [1.54, 1.807) is 12.1 Å². The van der Waals surface area contributed by atoms with Gasteiger partial charge in [0.15, 0.2) is 0 Å². The zero-order valence-electron chi connectivity index (χ0n) is 16.8. The molecule has 0 amide bonds. The normalized spacial score (nSPS) is 23.7. The first-order valence-corrected chi connectivity index (χ1v) is 10.1. The topological polar surface area (TPSA) is 123 Å². The van der Waals surface area contributed by atoms with E-state index in [1.165, 1.54) is 6.92 Å². The van der Waals surface area contributed by atoms with Crippen molar-refractivity contribution in [3.8, 4) is 5.75 Å². The highest BCUT2D eigenvalue weighted by atomic mass is 35.5. The molecule has 2 atom stereocenters. The molecule has 1 aromatic heterocycles. The number of fused-ring (bicyclic) bond motifs is 1. The number of rotatable bonds is 3. The molecule has 4 rings (SSSR count). The van der Waals surface area contributed by atoms with Crippen LogP contribution in [0.2, 0.25) is 5.02 Å². The van der Waals surface area contributed by atoms with E-state index >= 15 is 0 Å². The Bertz CT molecular complexity index is 968. The summed E-state index contributed by atoms with van der Waals surface area (Å²) in [6.45, 7) is 5.24. The summed E-state index contributed by atoms with van der Waals surface area (Å²) in [6, 6.07) is 5.17. The number of nitrogens with zero attached hydrogens (tertiary/aromatic N) is 3. The lowest BCUT2D eigenvalue weighted by molar-refractivity contribution is -0.152. The maximum atomic E-state index is 11.6. The van der Waals surface area contributed by atoms with E-state index < -0.39 is 11.6 Å². The number of benzene rings is 1. The van der Waals surface area contributed by atoms with Crippen molar-refractivity contribution in [2.75, 3.05) is 42.3 Å². The number of aromatic nitrogens is 2. The van der Waals surface area contributed by atoms with E-state index in [1.807, 2.05) is 13.0 Å². The van der Waals surface area contributed by atoms with Crippen molar-refractivity contribution in [1.82, 2.24) is 9.97 Å². The Balaban J connectivity index is 1.76. The maximum Gasteiger partial charge on any atom is 0.349 e. The smallest absolute Gasteiger partial charge is 0.349 e. The second-order valence-electron chi connectivity index (χ2n) is 7.72. The third-order valence-electron chi connectivity index (χ3n) is 5.35. The standard InChI is InChI=1S/C20H24ClN5O4/c1-11-6-17(25-19(22)24-11)26-4-3-5-29-9-15(26)12-7-16-14(8-13(12)21)23-10-20(2,30-16)18(27)28/h6-8,15,23H,3-5,9-10H2,1-2H3,(H,27,28)(H2,22,24,25)/t15-,20-/m0/s1. The van der Waals surface area contributed by atoms with Crippen LogP contribution in [0.3, 0.4) is 0 Å². The number of aryl methyl sites for hydroxylation is 1. The van der Waals surface area contributed by atoms with Crippen LogP contribution in [0.25, 0.3) is 0 Å². The van der Waals surface area contributed by atoms with Crippen LogP contribution in [0.1, 0.15) is 30.6 Å². The summed E-state index contributed by atoms with van der Waals surface area (Å²) in [4.78, 5) is 22.3. The van der Waals surface area contributed by atoms with E-state index in [0.29, 0.717) is 42.0 Å². The van der Waals surface area contributed by atoms with Gasteiger partial charge < -0.3 is 30.5 Å². The number of aliphatic carboxylic acids is 1. The molecule has 1 aromatic carbocycles. The van der Waals surface area contributed by atoms with Gasteiger partial charge in [-0.1, -0.05) is 11.6 Å². The van der Waals surface area contributed by atoms with Gasteiger partial charge in [0.25, 0.3) is 0 Å². The first-order chi connectivity index (χ1) is 14.3. The molecule has 0 spiro atoms. The van der Waals surface area contributed by atoms with Gasteiger partial charge in [-0.2, -0.15) is 4.98 Å². The monoisotopic (exact) mass is 433 g/mol. The molecule has 3 heterocycles. The molecule has 0 bridgehead atoms. The molecule has 160 valence electrons. The number of nitrogens with one attached hydrogen (secondary N) is 1. The lowest BCUT2D eigenvalue weighted by Gasteiger charge is -2.35. The minimum absolute atomic E-state index is 0.142. The van der Waals surface area contributed by atoms with Gasteiger partial charge in [0.2, 0.25) is 11.5 Å². The first-order valence-electron chi connectivity index (χ1n) is 9.72. The van der Waals surface area contributed by atoms with Crippen molar-refractivity contribution in [2.24, 2.45) is 0 Å². The third kappa shape index (κ3) is 3.82. The fourth-order valence-electron chi connectivity index (χ4n) is 3.74. The minimum atomic E-state index is -1.37. The summed E-state index contributed by atoms with van der Waals surface area (Å²) in [5.74, 6) is 0.297. The molecule has 0 unspecified atom stereocenters. The zero-order valence-corrected chi connectivity index (χ0v) is 17.6. The lowest BCUT2D eigenvalue weighted by atomic mass is 10.0. The molecular weight excluding hydrogens is 410 g/mol. The van der Waals surface area contributed by atoms with Crippen LogP contribution in [-0.4, -0.2) is 52.9 Å². The van der Waals surface area contributed by atoms with E-state index in [9.17, 15) is 9.90 Å². The Kier molecular flexibility index (Phi) is 5.33. The number of carboxylic acids is 1. The summed E-state index contributed by atoms with van der Waals surface area (Å²) >= 11 is 6.65. The van der Waals surface area contributed by atoms with Crippen molar-refractivity contribution >= 4 is 35.0 Å². The van der Waals surface area contributed by atoms with Crippen molar-refractivity contribution in [3.63, 3.8) is 0 Å². The second kappa shape index (κ2) is 7.81. The number of carboxylic acid groups (broad SMARTS) is 1. The molecule has 1 fully saturated rings. The van der Waals surface area contributed by atoms with Crippen molar-refractivity contribution < 1.29 is 19.4 Å². The fourth-order valence-corrected chi connectivity index (χ4v) is 4.03. The van der Waals surface area contributed by atoms with E-state index in [4.69, 9.17) is 26.8 Å². The van der Waals surface area contributed by atoms with Gasteiger partial charge in [-0.05, 0) is 38.0 Å². The van der Waals surface area contributed by atoms with Crippen molar-refractivity contribution in [1.29, 1.82) is 0 Å². The third-order valence-corrected chi connectivity index (χ3v) is 5.68. The number of anilines is 3. The Labute approximate surface area is 179 Å². The highest BCUT2D eigenvalue weighted by Crippen LogP contribution is 2.41. The lowest BCUT2D eigenvalue weighted by Crippen LogP contribution is -2.50. The number of hydrogen-bond acceptors (Lipinski definition) is 8. The summed E-state index contributed by atoms with van der Waals surface area (Å²) in [6.07, 6.45) is 0.817. The van der Waals surface area contributed by atoms with E-state index in [-0.39, 0.29) is 18.5 Å². The number of halogens is 1. The van der Waals surface area contributed by atoms with Gasteiger partial charge in [-0.15, -0.1) is 0 Å². The summed E-state index contributed by atoms with van der Waals surface area (Å²) in [7, 11) is 0. The number of ether oxygens (including phenoxy) is 2. The van der Waals surface area contributed by atoms with Crippen molar-refractivity contribution in [3.05, 3.63) is 34.5 Å². The SMILES string of the molecule is Cc1cc(N2CCCOC[C@H]2c2cc3c(cc2Cl)NC[C@@](C)(C(=O)O)O3)nc(N)n1. The molecule has 4 N–H and O–H groups in total. The molecule has 1 saturated heterocycles. The highest BCUT2D eigenvalue weighted by molar-refractivity contribution is 6.31. The van der Waals surface area contributed by atoms with Gasteiger partial charge in [0.1, 0.15) is 11.6 Å². The molecule has 2 aromatic rings. The number of nitrogens with two attached hydrogens (primary N) is 1. The number of carbonyl (C=O) groups is 1. The predicted molar refractivity (Wildman–Crippen MR) is 113 cm³/mol. The number of hydrogen-bond donors (Lipinski definition) is 3. The van der Waals surface area contributed by atoms with Gasteiger partial charge >= 0.3 is 5.97 Å². The first kappa shape index (κ1) is 20.5. The predicted octanol–water partition coefficient (Wildman–Crippen LogP) is 2.64. The van der Waals surface area contributed by atoms with Crippen LogP contribution in [0.4, 0.5) is 17.5 Å². The van der Waals surface area contributed by atoms with Crippen molar-refractivity contribution in [2.45, 2.75) is 31.9 Å². The quantitative estimate of drug-likeness (QED) is 0.670. The maximum absolute atomic E-state index is 11.6. The van der Waals surface area contributed by atoms with Crippen LogP contribution in [0, 0.1) is 6.92 Å². The molecule has 30 heavy (non-hydrogen) atoms. The Morgan fingerprint density at radius 2 is 2.20 bits per heavy atom. The summed E-state index contributed by atoms with van der Waals surface area (Å²) < 4.78 is 11.7. The minimum Gasteiger partial charge on any atom is -0.478 e. The molecule has 0 aliphatic carbocycles. The van der Waals surface area contributed by atoms with Crippen LogP contribution in [0.5, 0.6) is 5.75 Å².